The topological polar surface area (TPSA) is 78.1 Å². The maximum atomic E-state index is 13.1. The van der Waals surface area contributed by atoms with E-state index in [1.807, 2.05) is 0 Å². The van der Waals surface area contributed by atoms with Gasteiger partial charge in [0.2, 0.25) is 0 Å². The van der Waals surface area contributed by atoms with Crippen LogP contribution in [0.3, 0.4) is 0 Å². The summed E-state index contributed by atoms with van der Waals surface area (Å²) in [5.74, 6) is -1.75. The quantitative estimate of drug-likeness (QED) is 0.873. The number of nitrogens with two attached hydrogens (primary N) is 1. The molecule has 2 rings (SSSR count). The summed E-state index contributed by atoms with van der Waals surface area (Å²) in [4.78, 5) is 19.5. The summed E-state index contributed by atoms with van der Waals surface area (Å²) in [5, 5.41) is 0. The maximum Gasteiger partial charge on any atom is 0.343 e. The molecule has 1 heterocycles. The Kier molecular flexibility index (Phi) is 4.42. The lowest BCUT2D eigenvalue weighted by molar-refractivity contribution is 0.0526. The summed E-state index contributed by atoms with van der Waals surface area (Å²) in [6, 6.07) is 3.15. The van der Waals surface area contributed by atoms with Crippen LogP contribution < -0.4 is 5.73 Å². The molecule has 110 valence electrons. The SMILES string of the molecule is CCOC(=O)c1cnc(Cc2cc(F)cc(F)c2)nc1N. The van der Waals surface area contributed by atoms with Crippen LogP contribution in [0.15, 0.2) is 24.4 Å². The second-order valence-corrected chi connectivity index (χ2v) is 4.26. The minimum absolute atomic E-state index is 0.0321. The molecule has 0 aliphatic heterocycles. The van der Waals surface area contributed by atoms with E-state index in [2.05, 4.69) is 9.97 Å². The number of ether oxygens (including phenoxy) is 1. The lowest BCUT2D eigenvalue weighted by atomic mass is 10.1. The summed E-state index contributed by atoms with van der Waals surface area (Å²) >= 11 is 0. The lowest BCUT2D eigenvalue weighted by Crippen LogP contribution is -2.12. The normalized spacial score (nSPS) is 10.4. The van der Waals surface area contributed by atoms with Gasteiger partial charge >= 0.3 is 5.97 Å². The molecule has 1 aromatic carbocycles. The number of carbonyl (C=O) groups excluding carboxylic acids is 1. The van der Waals surface area contributed by atoms with E-state index in [0.29, 0.717) is 5.56 Å². The van der Waals surface area contributed by atoms with E-state index in [1.54, 1.807) is 6.92 Å². The van der Waals surface area contributed by atoms with Crippen molar-refractivity contribution in [2.75, 3.05) is 12.3 Å². The van der Waals surface area contributed by atoms with Crippen molar-refractivity contribution in [1.29, 1.82) is 0 Å². The van der Waals surface area contributed by atoms with Gasteiger partial charge in [-0.05, 0) is 24.6 Å². The first-order valence-electron chi connectivity index (χ1n) is 6.23. The molecule has 0 aliphatic carbocycles. The fraction of sp³-hybridized carbons (Fsp3) is 0.214. The molecule has 2 N–H and O–H groups in total. The molecular weight excluding hydrogens is 280 g/mol. The molecule has 2 aromatic rings. The third kappa shape index (κ3) is 3.71. The Morgan fingerprint density at radius 3 is 2.52 bits per heavy atom. The van der Waals surface area contributed by atoms with Gasteiger partial charge in [-0.3, -0.25) is 0 Å². The van der Waals surface area contributed by atoms with Crippen molar-refractivity contribution in [3.63, 3.8) is 0 Å². The number of halogens is 2. The average molecular weight is 293 g/mol. The van der Waals surface area contributed by atoms with Crippen molar-refractivity contribution in [2.24, 2.45) is 0 Å². The minimum Gasteiger partial charge on any atom is -0.462 e. The number of nitrogens with zero attached hydrogens (tertiary/aromatic N) is 2. The van der Waals surface area contributed by atoms with E-state index >= 15 is 0 Å². The zero-order valence-corrected chi connectivity index (χ0v) is 11.3. The number of aromatic nitrogens is 2. The van der Waals surface area contributed by atoms with Crippen LogP contribution in [0.5, 0.6) is 0 Å². The van der Waals surface area contributed by atoms with Crippen LogP contribution in [0.2, 0.25) is 0 Å². The fourth-order valence-electron chi connectivity index (χ4n) is 1.78. The predicted octanol–water partition coefficient (Wildman–Crippen LogP) is 2.10. The fourth-order valence-corrected chi connectivity index (χ4v) is 1.78. The number of hydrogen-bond acceptors (Lipinski definition) is 5. The maximum absolute atomic E-state index is 13.1. The Labute approximate surface area is 119 Å². The highest BCUT2D eigenvalue weighted by Crippen LogP contribution is 2.14. The van der Waals surface area contributed by atoms with E-state index in [-0.39, 0.29) is 30.2 Å². The van der Waals surface area contributed by atoms with Gasteiger partial charge in [-0.25, -0.2) is 23.5 Å². The number of nitrogen functional groups attached to an aromatic ring is 1. The molecule has 0 unspecified atom stereocenters. The van der Waals surface area contributed by atoms with Gasteiger partial charge in [0.15, 0.2) is 0 Å². The zero-order chi connectivity index (χ0) is 15.4. The van der Waals surface area contributed by atoms with Crippen LogP contribution in [0.25, 0.3) is 0 Å². The number of benzene rings is 1. The Morgan fingerprint density at radius 1 is 1.29 bits per heavy atom. The lowest BCUT2D eigenvalue weighted by Gasteiger charge is -2.06. The predicted molar refractivity (Wildman–Crippen MR) is 71.6 cm³/mol. The summed E-state index contributed by atoms with van der Waals surface area (Å²) in [7, 11) is 0. The number of carbonyl (C=O) groups is 1. The van der Waals surface area contributed by atoms with Gasteiger partial charge < -0.3 is 10.5 Å². The standard InChI is InChI=1S/C14H13F2N3O2/c1-2-21-14(20)11-7-18-12(19-13(11)17)5-8-3-9(15)6-10(16)4-8/h3-4,6-7H,2,5H2,1H3,(H2,17,18,19). The van der Waals surface area contributed by atoms with Gasteiger partial charge in [-0.15, -0.1) is 0 Å². The molecule has 1 aromatic heterocycles. The largest absolute Gasteiger partial charge is 0.462 e. The van der Waals surface area contributed by atoms with Gasteiger partial charge in [0, 0.05) is 18.7 Å². The molecule has 0 fully saturated rings. The summed E-state index contributed by atoms with van der Waals surface area (Å²) in [5.41, 5.74) is 6.10. The molecule has 7 heteroatoms. The molecule has 0 saturated heterocycles. The Morgan fingerprint density at radius 2 is 1.95 bits per heavy atom. The first-order valence-corrected chi connectivity index (χ1v) is 6.23. The molecule has 21 heavy (non-hydrogen) atoms. The van der Waals surface area contributed by atoms with E-state index in [9.17, 15) is 13.6 Å². The van der Waals surface area contributed by atoms with E-state index < -0.39 is 17.6 Å². The van der Waals surface area contributed by atoms with Crippen molar-refractivity contribution < 1.29 is 18.3 Å². The van der Waals surface area contributed by atoms with Crippen molar-refractivity contribution in [3.8, 4) is 0 Å². The van der Waals surface area contributed by atoms with Gasteiger partial charge in [-0.2, -0.15) is 0 Å². The number of esters is 1. The summed E-state index contributed by atoms with van der Waals surface area (Å²) in [6.45, 7) is 1.88. The summed E-state index contributed by atoms with van der Waals surface area (Å²) in [6.07, 6.45) is 1.34. The van der Waals surface area contributed by atoms with E-state index in [4.69, 9.17) is 10.5 Å². The van der Waals surface area contributed by atoms with E-state index in [1.165, 1.54) is 18.3 Å². The van der Waals surface area contributed by atoms with Crippen LogP contribution in [0, 0.1) is 11.6 Å². The van der Waals surface area contributed by atoms with Crippen molar-refractivity contribution >= 4 is 11.8 Å². The molecule has 0 saturated carbocycles. The molecule has 5 nitrogen and oxygen atoms in total. The van der Waals surface area contributed by atoms with Crippen molar-refractivity contribution in [2.45, 2.75) is 13.3 Å². The molecule has 0 spiro atoms. The van der Waals surface area contributed by atoms with Crippen molar-refractivity contribution in [3.05, 3.63) is 53.0 Å². The molecule has 0 atom stereocenters. The highest BCUT2D eigenvalue weighted by Gasteiger charge is 2.14. The van der Waals surface area contributed by atoms with Crippen molar-refractivity contribution in [1.82, 2.24) is 9.97 Å². The van der Waals surface area contributed by atoms with Gasteiger partial charge in [0.25, 0.3) is 0 Å². The van der Waals surface area contributed by atoms with Crippen LogP contribution in [0.1, 0.15) is 28.7 Å². The second-order valence-electron chi connectivity index (χ2n) is 4.26. The Hall–Kier alpha value is -2.57. The first-order chi connectivity index (χ1) is 9.99. The smallest absolute Gasteiger partial charge is 0.343 e. The van der Waals surface area contributed by atoms with Gasteiger partial charge in [0.1, 0.15) is 28.8 Å². The number of anilines is 1. The van der Waals surface area contributed by atoms with Crippen LogP contribution in [-0.2, 0) is 11.2 Å². The van der Waals surface area contributed by atoms with E-state index in [0.717, 1.165) is 6.07 Å². The molecule has 0 radical (unpaired) electrons. The highest BCUT2D eigenvalue weighted by molar-refractivity contribution is 5.93. The monoisotopic (exact) mass is 293 g/mol. The third-order valence-electron chi connectivity index (χ3n) is 2.65. The Balaban J connectivity index is 2.22. The molecular formula is C14H13F2N3O2. The van der Waals surface area contributed by atoms with Gasteiger partial charge in [-0.1, -0.05) is 0 Å². The van der Waals surface area contributed by atoms with Gasteiger partial charge in [0.05, 0.1) is 6.61 Å². The van der Waals surface area contributed by atoms with Crippen LogP contribution in [-0.4, -0.2) is 22.5 Å². The third-order valence-corrected chi connectivity index (χ3v) is 2.65. The minimum atomic E-state index is -0.680. The summed E-state index contributed by atoms with van der Waals surface area (Å²) < 4.78 is 31.0. The molecule has 0 bridgehead atoms. The number of rotatable bonds is 4. The number of hydrogen-bond donors (Lipinski definition) is 1. The average Bonchev–Trinajstić information content (AvgIpc) is 2.37. The molecule has 0 aliphatic rings. The Bertz CT molecular complexity index is 657. The molecule has 0 amide bonds. The highest BCUT2D eigenvalue weighted by atomic mass is 19.1. The first kappa shape index (κ1) is 14.8. The second kappa shape index (κ2) is 6.25. The van der Waals surface area contributed by atoms with Crippen LogP contribution in [0.4, 0.5) is 14.6 Å². The zero-order valence-electron chi connectivity index (χ0n) is 11.3. The van der Waals surface area contributed by atoms with Crippen LogP contribution >= 0.6 is 0 Å².